The Hall–Kier alpha value is -3.34. The van der Waals surface area contributed by atoms with Gasteiger partial charge in [0.1, 0.15) is 24.6 Å². The molecule has 1 aliphatic heterocycles. The Bertz CT molecular complexity index is 1040. The normalized spacial score (nSPS) is 22.8. The van der Waals surface area contributed by atoms with Gasteiger partial charge in [-0.15, -0.1) is 0 Å². The molecule has 2 heterocycles. The summed E-state index contributed by atoms with van der Waals surface area (Å²) in [5.41, 5.74) is 0.469. The monoisotopic (exact) mass is 510 g/mol. The molecule has 0 saturated carbocycles. The number of hydrogen-bond donors (Lipinski definition) is 2. The SMILES string of the molecule is COc1ccnc(C(=O)NC2CCCC(Cc3ccc(F)cc3)C(OCC(F)F)C(C)OC2=O)c1O. The number of hydrogen-bond acceptors (Lipinski definition) is 7. The van der Waals surface area contributed by atoms with Gasteiger partial charge in [-0.3, -0.25) is 4.79 Å². The van der Waals surface area contributed by atoms with Crippen LogP contribution in [0.4, 0.5) is 13.2 Å². The first kappa shape index (κ1) is 27.3. The molecule has 4 unspecified atom stereocenters. The number of carbonyl (C=O) groups is 2. The zero-order valence-electron chi connectivity index (χ0n) is 20.0. The van der Waals surface area contributed by atoms with Crippen LogP contribution in [-0.2, 0) is 20.7 Å². The van der Waals surface area contributed by atoms with Crippen molar-refractivity contribution in [2.45, 2.75) is 57.3 Å². The molecular weight excluding hydrogens is 481 g/mol. The van der Waals surface area contributed by atoms with E-state index < -0.39 is 54.7 Å². The van der Waals surface area contributed by atoms with Crippen molar-refractivity contribution in [2.24, 2.45) is 5.92 Å². The molecule has 11 heteroatoms. The molecule has 1 fully saturated rings. The topological polar surface area (TPSA) is 107 Å². The molecule has 1 aromatic carbocycles. The number of halogens is 3. The molecular formula is C25H29F3N2O6. The standard InChI is InChI=1S/C25H29F3N2O6/c1-14-23(35-13-20(27)28)16(12-15-6-8-17(26)9-7-15)4-3-5-18(25(33)36-14)30-24(32)21-22(31)19(34-2)10-11-29-21/h6-11,14,16,18,20,23,31H,3-5,12-13H2,1-2H3,(H,30,32). The number of rotatable bonds is 8. The van der Waals surface area contributed by atoms with Crippen LogP contribution >= 0.6 is 0 Å². The highest BCUT2D eigenvalue weighted by Gasteiger charge is 2.36. The number of ether oxygens (including phenoxy) is 3. The number of nitrogens with one attached hydrogen (secondary N) is 1. The first-order valence-corrected chi connectivity index (χ1v) is 11.6. The number of amides is 1. The molecule has 3 rings (SSSR count). The Kier molecular flexibility index (Phi) is 9.51. The number of carbonyl (C=O) groups excluding carboxylic acids is 2. The van der Waals surface area contributed by atoms with Crippen molar-refractivity contribution in [3.63, 3.8) is 0 Å². The van der Waals surface area contributed by atoms with Crippen LogP contribution in [0.15, 0.2) is 36.5 Å². The second kappa shape index (κ2) is 12.6. The van der Waals surface area contributed by atoms with Gasteiger partial charge in [-0.2, -0.15) is 0 Å². The van der Waals surface area contributed by atoms with Crippen molar-refractivity contribution in [2.75, 3.05) is 13.7 Å². The maximum absolute atomic E-state index is 13.3. The Balaban J connectivity index is 1.78. The van der Waals surface area contributed by atoms with Crippen LogP contribution in [0.25, 0.3) is 0 Å². The van der Waals surface area contributed by atoms with Gasteiger partial charge >= 0.3 is 5.97 Å². The van der Waals surface area contributed by atoms with E-state index in [1.165, 1.54) is 31.5 Å². The molecule has 2 aromatic rings. The molecule has 1 aromatic heterocycles. The fraction of sp³-hybridized carbons (Fsp3) is 0.480. The first-order valence-electron chi connectivity index (χ1n) is 11.6. The average molecular weight is 511 g/mol. The lowest BCUT2D eigenvalue weighted by Crippen LogP contribution is -2.45. The van der Waals surface area contributed by atoms with E-state index in [2.05, 4.69) is 10.3 Å². The number of alkyl halides is 2. The third-order valence-electron chi connectivity index (χ3n) is 6.03. The van der Waals surface area contributed by atoms with E-state index in [4.69, 9.17) is 14.2 Å². The van der Waals surface area contributed by atoms with E-state index in [1.54, 1.807) is 19.1 Å². The number of aromatic nitrogens is 1. The van der Waals surface area contributed by atoms with Gasteiger partial charge in [0.25, 0.3) is 12.3 Å². The van der Waals surface area contributed by atoms with Crippen LogP contribution in [0.3, 0.4) is 0 Å². The van der Waals surface area contributed by atoms with Gasteiger partial charge in [0.15, 0.2) is 17.2 Å². The molecule has 8 nitrogen and oxygen atoms in total. The molecule has 0 bridgehead atoms. The fourth-order valence-corrected chi connectivity index (χ4v) is 4.30. The van der Waals surface area contributed by atoms with Gasteiger partial charge in [-0.05, 0) is 49.8 Å². The highest BCUT2D eigenvalue weighted by atomic mass is 19.3. The molecule has 36 heavy (non-hydrogen) atoms. The molecule has 196 valence electrons. The highest BCUT2D eigenvalue weighted by molar-refractivity contribution is 5.97. The minimum absolute atomic E-state index is 0.0449. The van der Waals surface area contributed by atoms with E-state index in [-0.39, 0.29) is 23.8 Å². The van der Waals surface area contributed by atoms with Crippen molar-refractivity contribution in [3.8, 4) is 11.5 Å². The number of aromatic hydroxyl groups is 1. The van der Waals surface area contributed by atoms with Gasteiger partial charge in [-0.1, -0.05) is 18.6 Å². The summed E-state index contributed by atoms with van der Waals surface area (Å²) in [4.78, 5) is 29.5. The van der Waals surface area contributed by atoms with Gasteiger partial charge in [0, 0.05) is 12.3 Å². The quantitative estimate of drug-likeness (QED) is 0.522. The Morgan fingerprint density at radius 2 is 1.97 bits per heavy atom. The summed E-state index contributed by atoms with van der Waals surface area (Å²) in [5, 5.41) is 12.7. The summed E-state index contributed by atoms with van der Waals surface area (Å²) in [7, 11) is 1.32. The van der Waals surface area contributed by atoms with Crippen LogP contribution in [-0.4, -0.2) is 60.4 Å². The van der Waals surface area contributed by atoms with Crippen LogP contribution in [0, 0.1) is 11.7 Å². The lowest BCUT2D eigenvalue weighted by Gasteiger charge is -2.31. The largest absolute Gasteiger partial charge is 0.503 e. The summed E-state index contributed by atoms with van der Waals surface area (Å²) >= 11 is 0. The molecule has 2 N–H and O–H groups in total. The van der Waals surface area contributed by atoms with E-state index in [1.807, 2.05) is 0 Å². The Labute approximate surface area is 206 Å². The number of methoxy groups -OCH3 is 1. The number of pyridine rings is 1. The van der Waals surface area contributed by atoms with E-state index in [0.717, 1.165) is 5.56 Å². The number of benzene rings is 1. The summed E-state index contributed by atoms with van der Waals surface area (Å²) in [5.74, 6) is -2.68. The number of nitrogens with zero attached hydrogens (tertiary/aromatic N) is 1. The fourth-order valence-electron chi connectivity index (χ4n) is 4.30. The summed E-state index contributed by atoms with van der Waals surface area (Å²) in [6.45, 7) is 0.721. The Morgan fingerprint density at radius 1 is 1.25 bits per heavy atom. The smallest absolute Gasteiger partial charge is 0.329 e. The lowest BCUT2D eigenvalue weighted by molar-refractivity contribution is -0.163. The third kappa shape index (κ3) is 7.09. The van der Waals surface area contributed by atoms with Gasteiger partial charge in [0.2, 0.25) is 0 Å². The van der Waals surface area contributed by atoms with Crippen molar-refractivity contribution in [1.82, 2.24) is 10.3 Å². The van der Waals surface area contributed by atoms with Gasteiger partial charge < -0.3 is 24.6 Å². The summed E-state index contributed by atoms with van der Waals surface area (Å²) < 4.78 is 55.2. The lowest BCUT2D eigenvalue weighted by atomic mass is 9.87. The van der Waals surface area contributed by atoms with Crippen molar-refractivity contribution in [1.29, 1.82) is 0 Å². The predicted molar refractivity (Wildman–Crippen MR) is 122 cm³/mol. The molecule has 0 aliphatic carbocycles. The first-order chi connectivity index (χ1) is 17.2. The third-order valence-corrected chi connectivity index (χ3v) is 6.03. The molecule has 0 radical (unpaired) electrons. The average Bonchev–Trinajstić information content (AvgIpc) is 2.88. The summed E-state index contributed by atoms with van der Waals surface area (Å²) in [6, 6.07) is 6.17. The molecule has 1 saturated heterocycles. The van der Waals surface area contributed by atoms with Crippen molar-refractivity contribution in [3.05, 3.63) is 53.6 Å². The van der Waals surface area contributed by atoms with E-state index in [0.29, 0.717) is 19.3 Å². The number of cyclic esters (lactones) is 1. The van der Waals surface area contributed by atoms with Crippen molar-refractivity contribution >= 4 is 11.9 Å². The number of esters is 1. The van der Waals surface area contributed by atoms with Crippen LogP contribution in [0.5, 0.6) is 11.5 Å². The summed E-state index contributed by atoms with van der Waals surface area (Å²) in [6.07, 6.45) is -1.66. The van der Waals surface area contributed by atoms with Crippen molar-refractivity contribution < 1.29 is 42.1 Å². The highest BCUT2D eigenvalue weighted by Crippen LogP contribution is 2.29. The molecule has 0 spiro atoms. The maximum Gasteiger partial charge on any atom is 0.329 e. The maximum atomic E-state index is 13.3. The van der Waals surface area contributed by atoms with Crippen LogP contribution in [0.2, 0.25) is 0 Å². The molecule has 1 amide bonds. The van der Waals surface area contributed by atoms with Crippen LogP contribution in [0.1, 0.15) is 42.2 Å². The zero-order chi connectivity index (χ0) is 26.2. The molecule has 4 atom stereocenters. The van der Waals surface area contributed by atoms with E-state index in [9.17, 15) is 27.9 Å². The molecule has 1 aliphatic rings. The van der Waals surface area contributed by atoms with Crippen LogP contribution < -0.4 is 10.1 Å². The Morgan fingerprint density at radius 3 is 2.64 bits per heavy atom. The van der Waals surface area contributed by atoms with E-state index >= 15 is 0 Å². The second-order valence-corrected chi connectivity index (χ2v) is 8.59. The second-order valence-electron chi connectivity index (χ2n) is 8.59. The zero-order valence-corrected chi connectivity index (χ0v) is 20.0. The van der Waals surface area contributed by atoms with Gasteiger partial charge in [0.05, 0.1) is 13.2 Å². The minimum Gasteiger partial charge on any atom is -0.503 e. The minimum atomic E-state index is -2.71. The van der Waals surface area contributed by atoms with Gasteiger partial charge in [-0.25, -0.2) is 22.9 Å². The predicted octanol–water partition coefficient (Wildman–Crippen LogP) is 3.66.